The Morgan fingerprint density at radius 1 is 0.557 bits per heavy atom. The van der Waals surface area contributed by atoms with E-state index in [-0.39, 0.29) is 47.2 Å². The van der Waals surface area contributed by atoms with Crippen molar-refractivity contribution in [3.63, 3.8) is 0 Å². The number of methoxy groups -OCH3 is 1. The number of carbonyl (C=O) groups excluding carboxylic acids is 3. The van der Waals surface area contributed by atoms with E-state index in [1.165, 1.54) is 18.2 Å². The number of rotatable bonds is 21. The van der Waals surface area contributed by atoms with Crippen molar-refractivity contribution < 1.29 is 33.3 Å². The van der Waals surface area contributed by atoms with E-state index in [1.54, 1.807) is 42.5 Å². The second-order valence-electron chi connectivity index (χ2n) is 18.6. The molecule has 0 saturated heterocycles. The topological polar surface area (TPSA) is 112 Å². The van der Waals surface area contributed by atoms with Gasteiger partial charge in [-0.2, -0.15) is 0 Å². The van der Waals surface area contributed by atoms with Crippen molar-refractivity contribution in [3.05, 3.63) is 113 Å². The number of nitrogens with one attached hydrogen (secondary N) is 2. The standard InChI is InChI=1S/C52H70N2O7/c1-14-49(5,6)36-25-27-42(39(30-36)51(9,10)16-3)59-33-47(56)53-38-22-20-21-35(29-38)45(32-46(55)54-41-23-18-19-24-44(41)58-13)61-48(57)34-60-43-28-26-37(50(7,8)15-2)31-40(43)52(11,12)17-4/h18-31,45H,14-17,32-34H2,1-13H3,(H,53,56)(H,54,55)/t45-/m1/s1. The molecule has 2 amide bonds. The summed E-state index contributed by atoms with van der Waals surface area (Å²) in [4.78, 5) is 40.6. The molecule has 0 bridgehead atoms. The Morgan fingerprint density at radius 2 is 1.08 bits per heavy atom. The van der Waals surface area contributed by atoms with E-state index >= 15 is 0 Å². The van der Waals surface area contributed by atoms with Gasteiger partial charge in [0.2, 0.25) is 5.91 Å². The number of para-hydroxylation sites is 2. The van der Waals surface area contributed by atoms with Crippen LogP contribution in [-0.2, 0) is 40.8 Å². The lowest BCUT2D eigenvalue weighted by molar-refractivity contribution is -0.152. The molecule has 4 aromatic carbocycles. The zero-order valence-electron chi connectivity index (χ0n) is 39.0. The molecule has 330 valence electrons. The Labute approximate surface area is 365 Å². The summed E-state index contributed by atoms with van der Waals surface area (Å²) in [6.07, 6.45) is 2.51. The maximum atomic E-state index is 13.7. The predicted octanol–water partition coefficient (Wildman–Crippen LogP) is 12.2. The smallest absolute Gasteiger partial charge is 0.344 e. The fraction of sp³-hybridized carbons (Fsp3) is 0.481. The normalized spacial score (nSPS) is 12.6. The highest BCUT2D eigenvalue weighted by molar-refractivity contribution is 5.93. The second kappa shape index (κ2) is 20.5. The summed E-state index contributed by atoms with van der Waals surface area (Å²) in [5.41, 5.74) is 5.58. The third kappa shape index (κ3) is 12.6. The number of hydrogen-bond donors (Lipinski definition) is 2. The van der Waals surface area contributed by atoms with Gasteiger partial charge >= 0.3 is 5.97 Å². The van der Waals surface area contributed by atoms with Crippen LogP contribution >= 0.6 is 0 Å². The Hall–Kier alpha value is -5.31. The van der Waals surface area contributed by atoms with Gasteiger partial charge in [0.15, 0.2) is 13.2 Å². The minimum absolute atomic E-state index is 0.00116. The molecule has 2 N–H and O–H groups in total. The first-order valence-corrected chi connectivity index (χ1v) is 21.8. The monoisotopic (exact) mass is 835 g/mol. The van der Waals surface area contributed by atoms with E-state index in [1.807, 2.05) is 18.2 Å². The molecule has 4 aromatic rings. The molecule has 9 heteroatoms. The average molecular weight is 835 g/mol. The molecule has 0 aliphatic heterocycles. The fourth-order valence-corrected chi connectivity index (χ4v) is 6.83. The van der Waals surface area contributed by atoms with Crippen molar-refractivity contribution in [1.82, 2.24) is 0 Å². The van der Waals surface area contributed by atoms with Gasteiger partial charge in [0, 0.05) is 16.8 Å². The summed E-state index contributed by atoms with van der Waals surface area (Å²) in [7, 11) is 1.53. The summed E-state index contributed by atoms with van der Waals surface area (Å²) in [6, 6.07) is 26.5. The number of carbonyl (C=O) groups is 3. The summed E-state index contributed by atoms with van der Waals surface area (Å²) < 4.78 is 23.9. The number of anilines is 2. The quantitative estimate of drug-likeness (QED) is 0.0804. The van der Waals surface area contributed by atoms with Crippen LogP contribution in [0.3, 0.4) is 0 Å². The number of amides is 2. The summed E-state index contributed by atoms with van der Waals surface area (Å²) in [5.74, 6) is 0.387. The van der Waals surface area contributed by atoms with Crippen LogP contribution in [0.25, 0.3) is 0 Å². The van der Waals surface area contributed by atoms with Gasteiger partial charge in [0.1, 0.15) is 23.4 Å². The third-order valence-corrected chi connectivity index (χ3v) is 12.8. The van der Waals surface area contributed by atoms with Crippen molar-refractivity contribution in [1.29, 1.82) is 0 Å². The average Bonchev–Trinajstić information content (AvgIpc) is 3.24. The molecule has 61 heavy (non-hydrogen) atoms. The van der Waals surface area contributed by atoms with Gasteiger partial charge in [-0.05, 0) is 100 Å². The third-order valence-electron chi connectivity index (χ3n) is 12.8. The molecular formula is C52H70N2O7. The van der Waals surface area contributed by atoms with E-state index in [4.69, 9.17) is 18.9 Å². The van der Waals surface area contributed by atoms with E-state index in [9.17, 15) is 14.4 Å². The molecule has 0 spiro atoms. The number of benzene rings is 4. The second-order valence-corrected chi connectivity index (χ2v) is 18.6. The highest BCUT2D eigenvalue weighted by Crippen LogP contribution is 2.40. The summed E-state index contributed by atoms with van der Waals surface area (Å²) >= 11 is 0. The molecule has 0 unspecified atom stereocenters. The molecule has 4 rings (SSSR count). The highest BCUT2D eigenvalue weighted by atomic mass is 16.6. The Balaban J connectivity index is 1.56. The lowest BCUT2D eigenvalue weighted by Crippen LogP contribution is -2.25. The van der Waals surface area contributed by atoms with Gasteiger partial charge in [-0.1, -0.05) is 132 Å². The maximum absolute atomic E-state index is 13.7. The van der Waals surface area contributed by atoms with Crippen molar-refractivity contribution in [2.75, 3.05) is 31.0 Å². The lowest BCUT2D eigenvalue weighted by atomic mass is 9.76. The van der Waals surface area contributed by atoms with Crippen molar-refractivity contribution in [3.8, 4) is 17.2 Å². The highest BCUT2D eigenvalue weighted by Gasteiger charge is 2.29. The van der Waals surface area contributed by atoms with E-state index in [2.05, 4.69) is 118 Å². The zero-order valence-corrected chi connectivity index (χ0v) is 39.0. The van der Waals surface area contributed by atoms with E-state index < -0.39 is 18.0 Å². The molecule has 0 aromatic heterocycles. The van der Waals surface area contributed by atoms with Crippen molar-refractivity contribution in [2.45, 2.75) is 143 Å². The van der Waals surface area contributed by atoms with Gasteiger partial charge in [0.25, 0.3) is 5.91 Å². The summed E-state index contributed by atoms with van der Waals surface area (Å²) in [6.45, 7) is 25.7. The maximum Gasteiger partial charge on any atom is 0.344 e. The molecule has 9 nitrogen and oxygen atoms in total. The zero-order chi connectivity index (χ0) is 45.2. The minimum atomic E-state index is -1.01. The van der Waals surface area contributed by atoms with Crippen LogP contribution in [0.15, 0.2) is 84.9 Å². The van der Waals surface area contributed by atoms with Crippen molar-refractivity contribution in [2.24, 2.45) is 0 Å². The number of ether oxygens (including phenoxy) is 4. The molecule has 0 saturated carbocycles. The molecule has 0 heterocycles. The fourth-order valence-electron chi connectivity index (χ4n) is 6.83. The van der Waals surface area contributed by atoms with Gasteiger partial charge in [0.05, 0.1) is 19.2 Å². The molecule has 0 fully saturated rings. The Kier molecular flexibility index (Phi) is 16.3. The van der Waals surface area contributed by atoms with Crippen LogP contribution in [0.1, 0.15) is 149 Å². The molecule has 0 aliphatic carbocycles. The molecule has 1 atom stereocenters. The van der Waals surface area contributed by atoms with Gasteiger partial charge in [-0.15, -0.1) is 0 Å². The SMILES string of the molecule is CCC(C)(C)c1ccc(OCC(=O)Nc2cccc([C@@H](CC(=O)Nc3ccccc3OC)OC(=O)COc3ccc(C(C)(C)CC)cc3C(C)(C)CC)c2)c(C(C)(C)CC)c1. The van der Waals surface area contributed by atoms with E-state index in [0.717, 1.165) is 36.8 Å². The van der Waals surface area contributed by atoms with Crippen LogP contribution in [0, 0.1) is 0 Å². The van der Waals surface area contributed by atoms with Gasteiger partial charge in [-0.3, -0.25) is 9.59 Å². The van der Waals surface area contributed by atoms with Crippen LogP contribution in [0.5, 0.6) is 17.2 Å². The molecule has 0 radical (unpaired) electrons. The predicted molar refractivity (Wildman–Crippen MR) is 247 cm³/mol. The lowest BCUT2D eigenvalue weighted by Gasteiger charge is -2.30. The van der Waals surface area contributed by atoms with Crippen LogP contribution in [0.2, 0.25) is 0 Å². The Bertz CT molecular complexity index is 2130. The summed E-state index contributed by atoms with van der Waals surface area (Å²) in [5, 5.41) is 5.82. The van der Waals surface area contributed by atoms with Gasteiger partial charge in [-0.25, -0.2) is 4.79 Å². The van der Waals surface area contributed by atoms with Crippen LogP contribution < -0.4 is 24.8 Å². The largest absolute Gasteiger partial charge is 0.495 e. The molecule has 0 aliphatic rings. The van der Waals surface area contributed by atoms with E-state index in [0.29, 0.717) is 34.2 Å². The van der Waals surface area contributed by atoms with Crippen LogP contribution in [-0.4, -0.2) is 38.1 Å². The van der Waals surface area contributed by atoms with Gasteiger partial charge < -0.3 is 29.6 Å². The number of esters is 1. The molecular weight excluding hydrogens is 765 g/mol. The van der Waals surface area contributed by atoms with Crippen LogP contribution in [0.4, 0.5) is 11.4 Å². The van der Waals surface area contributed by atoms with Crippen molar-refractivity contribution >= 4 is 29.2 Å². The number of hydrogen-bond acceptors (Lipinski definition) is 7. The first kappa shape index (κ1) is 48.4. The first-order chi connectivity index (χ1) is 28.7. The Morgan fingerprint density at radius 3 is 1.61 bits per heavy atom. The minimum Gasteiger partial charge on any atom is -0.495 e. The first-order valence-electron chi connectivity index (χ1n) is 21.8.